The van der Waals surface area contributed by atoms with Gasteiger partial charge < -0.3 is 5.32 Å². The minimum absolute atomic E-state index is 0.0849. The maximum atomic E-state index is 12.7. The van der Waals surface area contributed by atoms with Gasteiger partial charge in [0.2, 0.25) is 0 Å². The molecule has 5 nitrogen and oxygen atoms in total. The van der Waals surface area contributed by atoms with E-state index in [2.05, 4.69) is 15.5 Å². The van der Waals surface area contributed by atoms with E-state index in [9.17, 15) is 4.79 Å². The maximum Gasteiger partial charge on any atom is 0.251 e. The molecule has 2 aromatic heterocycles. The van der Waals surface area contributed by atoms with Gasteiger partial charge in [0, 0.05) is 24.7 Å². The molecule has 0 bridgehead atoms. The van der Waals surface area contributed by atoms with Crippen molar-refractivity contribution in [3.8, 4) is 11.1 Å². The number of pyridine rings is 1. The molecule has 0 aliphatic rings. The lowest BCUT2D eigenvalue weighted by Gasteiger charge is -2.10. The van der Waals surface area contributed by atoms with Gasteiger partial charge in [0.15, 0.2) is 5.65 Å². The van der Waals surface area contributed by atoms with E-state index < -0.39 is 0 Å². The van der Waals surface area contributed by atoms with Crippen LogP contribution < -0.4 is 5.32 Å². The molecule has 2 aromatic carbocycles. The van der Waals surface area contributed by atoms with E-state index >= 15 is 0 Å². The molecule has 2 heterocycles. The Morgan fingerprint density at radius 2 is 1.65 bits per heavy atom. The lowest BCUT2D eigenvalue weighted by molar-refractivity contribution is 0.0954. The SMILES string of the molecule is O=C(NCCc1nnc2ccccn12)c1ccccc1-c1ccccc1. The molecule has 128 valence electrons. The maximum absolute atomic E-state index is 12.7. The number of carbonyl (C=O) groups excluding carboxylic acids is 1. The fourth-order valence-corrected chi connectivity index (χ4v) is 3.00. The molecule has 0 radical (unpaired) electrons. The number of hydrogen-bond donors (Lipinski definition) is 1. The van der Waals surface area contributed by atoms with Crippen molar-refractivity contribution < 1.29 is 4.79 Å². The second-order valence-electron chi connectivity index (χ2n) is 5.96. The van der Waals surface area contributed by atoms with Crippen LogP contribution in [0.1, 0.15) is 16.2 Å². The Bertz CT molecular complexity index is 1040. The fraction of sp³-hybridized carbons (Fsp3) is 0.0952. The van der Waals surface area contributed by atoms with Crippen molar-refractivity contribution in [2.45, 2.75) is 6.42 Å². The minimum Gasteiger partial charge on any atom is -0.352 e. The summed E-state index contributed by atoms with van der Waals surface area (Å²) < 4.78 is 1.93. The van der Waals surface area contributed by atoms with Crippen molar-refractivity contribution in [2.24, 2.45) is 0 Å². The van der Waals surface area contributed by atoms with Gasteiger partial charge in [-0.05, 0) is 29.3 Å². The smallest absolute Gasteiger partial charge is 0.251 e. The standard InChI is InChI=1S/C21H18N4O/c26-21(18-11-5-4-10-17(18)16-8-2-1-3-9-16)22-14-13-20-24-23-19-12-6-7-15-25(19)20/h1-12,15H,13-14H2,(H,22,26). The summed E-state index contributed by atoms with van der Waals surface area (Å²) in [5, 5.41) is 11.3. The number of nitrogens with one attached hydrogen (secondary N) is 1. The molecular weight excluding hydrogens is 324 g/mol. The number of fused-ring (bicyclic) bond motifs is 1. The Kier molecular flexibility index (Phi) is 4.43. The number of nitrogens with zero attached hydrogens (tertiary/aromatic N) is 3. The third kappa shape index (κ3) is 3.19. The number of amides is 1. The van der Waals surface area contributed by atoms with Crippen LogP contribution in [0, 0.1) is 0 Å². The summed E-state index contributed by atoms with van der Waals surface area (Å²) in [6, 6.07) is 23.4. The van der Waals surface area contributed by atoms with Crippen LogP contribution in [0.3, 0.4) is 0 Å². The van der Waals surface area contributed by atoms with Crippen LogP contribution in [0.25, 0.3) is 16.8 Å². The Balaban J connectivity index is 1.48. The van der Waals surface area contributed by atoms with E-state index in [0.29, 0.717) is 18.5 Å². The Morgan fingerprint density at radius 1 is 0.885 bits per heavy atom. The summed E-state index contributed by atoms with van der Waals surface area (Å²) in [6.45, 7) is 0.498. The average Bonchev–Trinajstić information content (AvgIpc) is 3.12. The molecule has 1 N–H and O–H groups in total. The van der Waals surface area contributed by atoms with Crippen LogP contribution in [0.15, 0.2) is 79.0 Å². The van der Waals surface area contributed by atoms with Gasteiger partial charge in [-0.3, -0.25) is 9.20 Å². The second-order valence-corrected chi connectivity index (χ2v) is 5.96. The van der Waals surface area contributed by atoms with E-state index in [1.165, 1.54) is 0 Å². The molecule has 1 amide bonds. The number of hydrogen-bond acceptors (Lipinski definition) is 3. The van der Waals surface area contributed by atoms with Crippen molar-refractivity contribution in [1.82, 2.24) is 19.9 Å². The molecular formula is C21H18N4O. The van der Waals surface area contributed by atoms with Crippen LogP contribution in [0.2, 0.25) is 0 Å². The molecule has 0 saturated carbocycles. The van der Waals surface area contributed by atoms with Gasteiger partial charge in [-0.15, -0.1) is 10.2 Å². The van der Waals surface area contributed by atoms with Crippen LogP contribution >= 0.6 is 0 Å². The molecule has 0 atom stereocenters. The van der Waals surface area contributed by atoms with Crippen LogP contribution in [-0.2, 0) is 6.42 Å². The highest BCUT2D eigenvalue weighted by Crippen LogP contribution is 2.23. The normalized spacial score (nSPS) is 10.8. The quantitative estimate of drug-likeness (QED) is 0.605. The Morgan fingerprint density at radius 3 is 2.54 bits per heavy atom. The van der Waals surface area contributed by atoms with Crippen molar-refractivity contribution in [3.05, 3.63) is 90.4 Å². The molecule has 0 aliphatic carbocycles. The van der Waals surface area contributed by atoms with Crippen LogP contribution in [0.5, 0.6) is 0 Å². The molecule has 0 unspecified atom stereocenters. The van der Waals surface area contributed by atoms with Gasteiger partial charge in [0.05, 0.1) is 0 Å². The first-order valence-electron chi connectivity index (χ1n) is 8.54. The van der Waals surface area contributed by atoms with E-state index in [0.717, 1.165) is 22.6 Å². The molecule has 4 rings (SSSR count). The number of aromatic nitrogens is 3. The summed E-state index contributed by atoms with van der Waals surface area (Å²) in [5.74, 6) is 0.746. The summed E-state index contributed by atoms with van der Waals surface area (Å²) in [7, 11) is 0. The third-order valence-electron chi connectivity index (χ3n) is 4.27. The van der Waals surface area contributed by atoms with Crippen molar-refractivity contribution in [2.75, 3.05) is 6.54 Å². The molecule has 0 saturated heterocycles. The monoisotopic (exact) mass is 342 g/mol. The fourth-order valence-electron chi connectivity index (χ4n) is 3.00. The van der Waals surface area contributed by atoms with Gasteiger partial charge in [0.25, 0.3) is 5.91 Å². The van der Waals surface area contributed by atoms with E-state index in [1.807, 2.05) is 83.4 Å². The van der Waals surface area contributed by atoms with Gasteiger partial charge in [-0.2, -0.15) is 0 Å². The predicted octanol–water partition coefficient (Wildman–Crippen LogP) is 3.37. The van der Waals surface area contributed by atoms with Crippen LogP contribution in [-0.4, -0.2) is 27.0 Å². The Labute approximate surface area is 151 Å². The molecule has 0 aliphatic heterocycles. The predicted molar refractivity (Wildman–Crippen MR) is 101 cm³/mol. The number of carbonyl (C=O) groups is 1. The minimum atomic E-state index is -0.0849. The zero-order valence-electron chi connectivity index (χ0n) is 14.2. The largest absolute Gasteiger partial charge is 0.352 e. The van der Waals surface area contributed by atoms with Crippen molar-refractivity contribution >= 4 is 11.6 Å². The van der Waals surface area contributed by atoms with Gasteiger partial charge in [-0.25, -0.2) is 0 Å². The van der Waals surface area contributed by atoms with Gasteiger partial charge in [0.1, 0.15) is 5.82 Å². The summed E-state index contributed by atoms with van der Waals surface area (Å²) in [5.41, 5.74) is 3.44. The third-order valence-corrected chi connectivity index (χ3v) is 4.27. The molecule has 0 spiro atoms. The lowest BCUT2D eigenvalue weighted by Crippen LogP contribution is -2.26. The van der Waals surface area contributed by atoms with E-state index in [1.54, 1.807) is 0 Å². The highest BCUT2D eigenvalue weighted by Gasteiger charge is 2.12. The Hall–Kier alpha value is -3.47. The van der Waals surface area contributed by atoms with Crippen molar-refractivity contribution in [1.29, 1.82) is 0 Å². The first kappa shape index (κ1) is 16.0. The zero-order valence-corrected chi connectivity index (χ0v) is 14.2. The molecule has 4 aromatic rings. The topological polar surface area (TPSA) is 59.3 Å². The molecule has 5 heteroatoms. The number of rotatable bonds is 5. The summed E-state index contributed by atoms with van der Waals surface area (Å²) in [4.78, 5) is 12.7. The molecule has 26 heavy (non-hydrogen) atoms. The summed E-state index contributed by atoms with van der Waals surface area (Å²) >= 11 is 0. The summed E-state index contributed by atoms with van der Waals surface area (Å²) in [6.07, 6.45) is 2.54. The molecule has 0 fully saturated rings. The van der Waals surface area contributed by atoms with Gasteiger partial charge in [-0.1, -0.05) is 54.6 Å². The zero-order chi connectivity index (χ0) is 17.8. The van der Waals surface area contributed by atoms with Gasteiger partial charge >= 0.3 is 0 Å². The lowest BCUT2D eigenvalue weighted by atomic mass is 9.99. The van der Waals surface area contributed by atoms with Crippen molar-refractivity contribution in [3.63, 3.8) is 0 Å². The number of benzene rings is 2. The highest BCUT2D eigenvalue weighted by atomic mass is 16.1. The van der Waals surface area contributed by atoms with Crippen LogP contribution in [0.4, 0.5) is 0 Å². The van der Waals surface area contributed by atoms with E-state index in [-0.39, 0.29) is 5.91 Å². The van der Waals surface area contributed by atoms with E-state index in [4.69, 9.17) is 0 Å². The first-order chi connectivity index (χ1) is 12.8. The highest BCUT2D eigenvalue weighted by molar-refractivity contribution is 6.00. The first-order valence-corrected chi connectivity index (χ1v) is 8.54. The second kappa shape index (κ2) is 7.19. The average molecular weight is 342 g/mol.